The van der Waals surface area contributed by atoms with Crippen molar-refractivity contribution >= 4 is 28.6 Å². The highest BCUT2D eigenvalue weighted by Crippen LogP contribution is 2.23. The fourth-order valence-electron chi connectivity index (χ4n) is 3.41. The van der Waals surface area contributed by atoms with E-state index in [2.05, 4.69) is 10.3 Å². The lowest BCUT2D eigenvalue weighted by atomic mass is 10.1. The van der Waals surface area contributed by atoms with Crippen molar-refractivity contribution in [3.63, 3.8) is 0 Å². The first-order valence-corrected chi connectivity index (χ1v) is 11.5. The first kappa shape index (κ1) is 22.7. The third-order valence-corrected chi connectivity index (χ3v) is 6.33. The number of fused-ring (bicyclic) bond motifs is 1. The second kappa shape index (κ2) is 10.4. The number of para-hydroxylation sites is 1. The van der Waals surface area contributed by atoms with Gasteiger partial charge in [-0.2, -0.15) is 0 Å². The van der Waals surface area contributed by atoms with E-state index in [0.29, 0.717) is 34.8 Å². The first-order valence-electron chi connectivity index (χ1n) is 10.6. The van der Waals surface area contributed by atoms with Crippen molar-refractivity contribution in [2.75, 3.05) is 13.7 Å². The number of rotatable bonds is 9. The van der Waals surface area contributed by atoms with Gasteiger partial charge in [0.05, 0.1) is 36.1 Å². The number of nitrogens with one attached hydrogen (secondary N) is 1. The smallest absolute Gasteiger partial charge is 0.262 e. The van der Waals surface area contributed by atoms with Crippen LogP contribution < -0.4 is 15.6 Å². The number of hydrogen-bond donors (Lipinski definition) is 1. The lowest BCUT2D eigenvalue weighted by Crippen LogP contribution is -2.33. The molecule has 2 aromatic heterocycles. The molecule has 0 fully saturated rings. The van der Waals surface area contributed by atoms with Crippen LogP contribution in [0.1, 0.15) is 18.2 Å². The maximum atomic E-state index is 13.2. The minimum Gasteiger partial charge on any atom is -0.497 e. The van der Waals surface area contributed by atoms with Crippen LogP contribution in [0.5, 0.6) is 5.75 Å². The van der Waals surface area contributed by atoms with E-state index in [-0.39, 0.29) is 18.0 Å². The SMILES string of the molecule is COc1ccc(CCNC(=O)C(C)Sc2nc3ccccc3c(=O)n2Cc2ccco2)cc1. The molecule has 170 valence electrons. The van der Waals surface area contributed by atoms with Gasteiger partial charge < -0.3 is 14.5 Å². The molecule has 8 heteroatoms. The minimum atomic E-state index is -0.434. The van der Waals surface area contributed by atoms with Crippen LogP contribution in [0.2, 0.25) is 0 Å². The summed E-state index contributed by atoms with van der Waals surface area (Å²) in [6.07, 6.45) is 2.28. The van der Waals surface area contributed by atoms with Gasteiger partial charge in [0.2, 0.25) is 5.91 Å². The maximum Gasteiger partial charge on any atom is 0.262 e. The summed E-state index contributed by atoms with van der Waals surface area (Å²) in [5.41, 5.74) is 1.55. The second-order valence-electron chi connectivity index (χ2n) is 7.53. The highest BCUT2D eigenvalue weighted by atomic mass is 32.2. The van der Waals surface area contributed by atoms with Gasteiger partial charge in [-0.3, -0.25) is 14.2 Å². The van der Waals surface area contributed by atoms with Crippen molar-refractivity contribution in [3.05, 3.63) is 88.6 Å². The zero-order valence-electron chi connectivity index (χ0n) is 18.5. The summed E-state index contributed by atoms with van der Waals surface area (Å²) in [5, 5.41) is 3.55. The fourth-order valence-corrected chi connectivity index (χ4v) is 4.35. The number of amides is 1. The zero-order valence-corrected chi connectivity index (χ0v) is 19.3. The molecular weight excluding hydrogens is 438 g/mol. The van der Waals surface area contributed by atoms with Gasteiger partial charge in [0.25, 0.3) is 5.56 Å². The van der Waals surface area contributed by atoms with E-state index >= 15 is 0 Å². The van der Waals surface area contributed by atoms with Gasteiger partial charge in [-0.15, -0.1) is 0 Å². The number of ether oxygens (including phenoxy) is 1. The molecule has 2 aromatic carbocycles. The highest BCUT2D eigenvalue weighted by molar-refractivity contribution is 8.00. The topological polar surface area (TPSA) is 86.4 Å². The summed E-state index contributed by atoms with van der Waals surface area (Å²) in [5.74, 6) is 1.34. The molecule has 0 aliphatic carbocycles. The molecule has 7 nitrogen and oxygen atoms in total. The summed E-state index contributed by atoms with van der Waals surface area (Å²) in [4.78, 5) is 30.6. The van der Waals surface area contributed by atoms with Gasteiger partial charge >= 0.3 is 0 Å². The Labute approximate surface area is 195 Å². The van der Waals surface area contributed by atoms with E-state index in [0.717, 1.165) is 11.3 Å². The van der Waals surface area contributed by atoms with Crippen LogP contribution in [0.4, 0.5) is 0 Å². The molecule has 33 heavy (non-hydrogen) atoms. The molecule has 1 atom stereocenters. The molecule has 0 aliphatic heterocycles. The third kappa shape index (κ3) is 5.46. The van der Waals surface area contributed by atoms with Crippen molar-refractivity contribution < 1.29 is 13.9 Å². The maximum absolute atomic E-state index is 13.2. The van der Waals surface area contributed by atoms with E-state index in [1.54, 1.807) is 36.1 Å². The van der Waals surface area contributed by atoms with E-state index in [1.807, 2.05) is 49.4 Å². The number of nitrogens with zero attached hydrogens (tertiary/aromatic N) is 2. The third-order valence-electron chi connectivity index (χ3n) is 5.24. The number of aromatic nitrogens is 2. The fraction of sp³-hybridized carbons (Fsp3) is 0.240. The van der Waals surface area contributed by atoms with E-state index in [1.165, 1.54) is 11.8 Å². The van der Waals surface area contributed by atoms with Crippen molar-refractivity contribution in [2.45, 2.75) is 30.3 Å². The van der Waals surface area contributed by atoms with Crippen LogP contribution in [0.25, 0.3) is 10.9 Å². The molecule has 0 spiro atoms. The van der Waals surface area contributed by atoms with Gasteiger partial charge in [0.15, 0.2) is 5.16 Å². The van der Waals surface area contributed by atoms with Gasteiger partial charge in [-0.05, 0) is 55.3 Å². The van der Waals surface area contributed by atoms with Crippen molar-refractivity contribution in [1.29, 1.82) is 0 Å². The van der Waals surface area contributed by atoms with Crippen LogP contribution in [0.3, 0.4) is 0 Å². The number of carbonyl (C=O) groups is 1. The van der Waals surface area contributed by atoms with Gasteiger partial charge in [0.1, 0.15) is 11.5 Å². The molecule has 4 aromatic rings. The Morgan fingerprint density at radius 3 is 2.67 bits per heavy atom. The number of methoxy groups -OCH3 is 1. The molecule has 2 heterocycles. The molecule has 1 amide bonds. The summed E-state index contributed by atoms with van der Waals surface area (Å²) in [7, 11) is 1.63. The summed E-state index contributed by atoms with van der Waals surface area (Å²) < 4.78 is 12.2. The molecule has 0 aliphatic rings. The van der Waals surface area contributed by atoms with Crippen molar-refractivity contribution in [2.24, 2.45) is 0 Å². The Morgan fingerprint density at radius 1 is 1.15 bits per heavy atom. The van der Waals surface area contributed by atoms with E-state index in [9.17, 15) is 9.59 Å². The predicted molar refractivity (Wildman–Crippen MR) is 129 cm³/mol. The monoisotopic (exact) mass is 463 g/mol. The van der Waals surface area contributed by atoms with E-state index in [4.69, 9.17) is 9.15 Å². The molecule has 0 saturated heterocycles. The van der Waals surface area contributed by atoms with Crippen LogP contribution in [-0.4, -0.2) is 34.4 Å². The Kier molecular flexibility index (Phi) is 7.14. The first-order chi connectivity index (χ1) is 16.0. The molecular formula is C25H25N3O4S. The molecule has 1 N–H and O–H groups in total. The summed E-state index contributed by atoms with van der Waals surface area (Å²) >= 11 is 1.26. The molecule has 1 unspecified atom stereocenters. The lowest BCUT2D eigenvalue weighted by molar-refractivity contribution is -0.120. The second-order valence-corrected chi connectivity index (χ2v) is 8.84. The average molecular weight is 464 g/mol. The molecule has 0 radical (unpaired) electrons. The largest absolute Gasteiger partial charge is 0.497 e. The minimum absolute atomic E-state index is 0.111. The number of carbonyl (C=O) groups excluding carboxylic acids is 1. The van der Waals surface area contributed by atoms with Gasteiger partial charge in [0, 0.05) is 6.54 Å². The number of furan rings is 1. The molecule has 4 rings (SSSR count). The zero-order chi connectivity index (χ0) is 23.2. The quantitative estimate of drug-likeness (QED) is 0.299. The number of benzene rings is 2. The number of thioether (sulfide) groups is 1. The van der Waals surface area contributed by atoms with Crippen LogP contribution in [-0.2, 0) is 17.8 Å². The highest BCUT2D eigenvalue weighted by Gasteiger charge is 2.20. The standard InChI is InChI=1S/C25H25N3O4S/c1-17(23(29)26-14-13-18-9-11-19(31-2)12-10-18)33-25-27-22-8-4-3-7-21(22)24(30)28(25)16-20-6-5-15-32-20/h3-12,15,17H,13-14,16H2,1-2H3,(H,26,29). The van der Waals surface area contributed by atoms with Crippen molar-refractivity contribution in [3.8, 4) is 5.75 Å². The Morgan fingerprint density at radius 2 is 1.94 bits per heavy atom. The van der Waals surface area contributed by atoms with Gasteiger partial charge in [-0.1, -0.05) is 36.0 Å². The predicted octanol–water partition coefficient (Wildman–Crippen LogP) is 3.89. The Hall–Kier alpha value is -3.52. The normalized spacial score (nSPS) is 11.9. The number of hydrogen-bond acceptors (Lipinski definition) is 6. The Balaban J connectivity index is 1.47. The Bertz CT molecular complexity index is 1280. The summed E-state index contributed by atoms with van der Waals surface area (Å²) in [6.45, 7) is 2.57. The van der Waals surface area contributed by atoms with E-state index < -0.39 is 5.25 Å². The van der Waals surface area contributed by atoms with Crippen LogP contribution >= 0.6 is 11.8 Å². The average Bonchev–Trinajstić information content (AvgIpc) is 3.35. The molecule has 0 saturated carbocycles. The molecule has 0 bridgehead atoms. The van der Waals surface area contributed by atoms with Crippen molar-refractivity contribution in [1.82, 2.24) is 14.9 Å². The van der Waals surface area contributed by atoms with Gasteiger partial charge in [-0.25, -0.2) is 4.98 Å². The van der Waals surface area contributed by atoms with Crippen LogP contribution in [0, 0.1) is 0 Å². The lowest BCUT2D eigenvalue weighted by Gasteiger charge is -2.16. The van der Waals surface area contributed by atoms with Crippen LogP contribution in [0.15, 0.2) is 81.3 Å². The summed E-state index contributed by atoms with van der Waals surface area (Å²) in [6, 6.07) is 18.6.